The molecule has 7 heteroatoms. The van der Waals surface area contributed by atoms with Gasteiger partial charge >= 0.3 is 5.97 Å². The van der Waals surface area contributed by atoms with Crippen LogP contribution in [0.3, 0.4) is 0 Å². The van der Waals surface area contributed by atoms with Crippen LogP contribution < -0.4 is 0 Å². The van der Waals surface area contributed by atoms with Gasteiger partial charge in [-0.2, -0.15) is 15.4 Å². The molecular formula is C17H15N5O2. The molecule has 7 nitrogen and oxygen atoms in total. The van der Waals surface area contributed by atoms with E-state index in [4.69, 9.17) is 4.74 Å². The molecular weight excluding hydrogens is 306 g/mol. The summed E-state index contributed by atoms with van der Waals surface area (Å²) in [5, 5.41) is 10.6. The number of imidazole rings is 1. The number of rotatable bonds is 3. The van der Waals surface area contributed by atoms with Crippen molar-refractivity contribution in [1.82, 2.24) is 25.0 Å². The van der Waals surface area contributed by atoms with Crippen molar-refractivity contribution in [3.05, 3.63) is 53.3 Å². The first-order chi connectivity index (χ1) is 11.6. The zero-order valence-electron chi connectivity index (χ0n) is 13.3. The molecule has 0 saturated heterocycles. The molecule has 0 aliphatic carbocycles. The fourth-order valence-electron chi connectivity index (χ4n) is 2.66. The Morgan fingerprint density at radius 1 is 1.12 bits per heavy atom. The predicted molar refractivity (Wildman–Crippen MR) is 88.5 cm³/mol. The molecule has 2 heterocycles. The first kappa shape index (κ1) is 14.4. The van der Waals surface area contributed by atoms with Gasteiger partial charge in [-0.15, -0.1) is 0 Å². The van der Waals surface area contributed by atoms with Gasteiger partial charge in [0.05, 0.1) is 16.6 Å². The molecule has 0 bridgehead atoms. The Morgan fingerprint density at radius 3 is 2.83 bits per heavy atom. The van der Waals surface area contributed by atoms with E-state index in [-0.39, 0.29) is 12.6 Å². The van der Waals surface area contributed by atoms with Gasteiger partial charge in [-0.1, -0.05) is 6.07 Å². The maximum absolute atomic E-state index is 12.3. The van der Waals surface area contributed by atoms with Crippen molar-refractivity contribution in [2.45, 2.75) is 13.5 Å². The number of ether oxygens (including phenoxy) is 1. The quantitative estimate of drug-likeness (QED) is 0.586. The van der Waals surface area contributed by atoms with Gasteiger partial charge in [0.25, 0.3) is 0 Å². The van der Waals surface area contributed by atoms with Crippen molar-refractivity contribution in [3.63, 3.8) is 0 Å². The summed E-state index contributed by atoms with van der Waals surface area (Å²) >= 11 is 0. The molecule has 0 aliphatic heterocycles. The molecule has 120 valence electrons. The Labute approximate surface area is 137 Å². The minimum absolute atomic E-state index is 0.181. The summed E-state index contributed by atoms with van der Waals surface area (Å²) in [6.45, 7) is 2.11. The number of esters is 1. The Balaban J connectivity index is 1.53. The van der Waals surface area contributed by atoms with Crippen LogP contribution in [0.2, 0.25) is 0 Å². The minimum Gasteiger partial charge on any atom is -0.457 e. The topological polar surface area (TPSA) is 85.7 Å². The maximum atomic E-state index is 12.3. The number of nitrogens with zero attached hydrogens (tertiary/aromatic N) is 4. The van der Waals surface area contributed by atoms with Crippen LogP contribution in [0, 0.1) is 6.92 Å². The summed E-state index contributed by atoms with van der Waals surface area (Å²) < 4.78 is 7.38. The van der Waals surface area contributed by atoms with Crippen molar-refractivity contribution < 1.29 is 9.53 Å². The summed E-state index contributed by atoms with van der Waals surface area (Å²) in [4.78, 5) is 16.7. The molecule has 4 rings (SSSR count). The molecule has 4 aromatic rings. The molecule has 0 fully saturated rings. The van der Waals surface area contributed by atoms with E-state index in [1.165, 1.54) is 0 Å². The molecule has 0 amide bonds. The molecule has 0 spiro atoms. The standard InChI is InChI=1S/C17H15N5O2/c1-10-18-15-8-12(4-6-16(15)22(10)2)17(23)24-9-11-3-5-13-14(7-11)20-21-19-13/h3-8H,9H2,1-2H3,(H,19,20,21). The van der Waals surface area contributed by atoms with E-state index < -0.39 is 0 Å². The van der Waals surface area contributed by atoms with Crippen molar-refractivity contribution >= 4 is 28.0 Å². The second kappa shape index (κ2) is 5.45. The summed E-state index contributed by atoms with van der Waals surface area (Å²) in [6, 6.07) is 10.9. The number of carbonyl (C=O) groups excluding carboxylic acids is 1. The highest BCUT2D eigenvalue weighted by atomic mass is 16.5. The van der Waals surface area contributed by atoms with Crippen LogP contribution in [0.25, 0.3) is 22.1 Å². The number of hydrogen-bond donors (Lipinski definition) is 1. The second-order valence-corrected chi connectivity index (χ2v) is 5.64. The van der Waals surface area contributed by atoms with Crippen LogP contribution in [0.5, 0.6) is 0 Å². The molecule has 24 heavy (non-hydrogen) atoms. The highest BCUT2D eigenvalue weighted by Crippen LogP contribution is 2.18. The van der Waals surface area contributed by atoms with E-state index in [9.17, 15) is 4.79 Å². The zero-order chi connectivity index (χ0) is 16.7. The number of fused-ring (bicyclic) bond motifs is 2. The van der Waals surface area contributed by atoms with Crippen molar-refractivity contribution in [2.75, 3.05) is 0 Å². The van der Waals surface area contributed by atoms with E-state index in [0.29, 0.717) is 5.56 Å². The van der Waals surface area contributed by atoms with Crippen molar-refractivity contribution in [1.29, 1.82) is 0 Å². The third-order valence-corrected chi connectivity index (χ3v) is 4.09. The van der Waals surface area contributed by atoms with Crippen LogP contribution in [0.1, 0.15) is 21.7 Å². The lowest BCUT2D eigenvalue weighted by molar-refractivity contribution is 0.0473. The Kier molecular flexibility index (Phi) is 3.26. The molecule has 0 unspecified atom stereocenters. The second-order valence-electron chi connectivity index (χ2n) is 5.64. The molecule has 0 saturated carbocycles. The lowest BCUT2D eigenvalue weighted by Gasteiger charge is -2.05. The van der Waals surface area contributed by atoms with Gasteiger partial charge in [-0.05, 0) is 42.8 Å². The fourth-order valence-corrected chi connectivity index (χ4v) is 2.66. The van der Waals surface area contributed by atoms with Gasteiger partial charge in [-0.3, -0.25) is 0 Å². The highest BCUT2D eigenvalue weighted by Gasteiger charge is 2.11. The van der Waals surface area contributed by atoms with E-state index in [1.807, 2.05) is 42.8 Å². The third kappa shape index (κ3) is 2.40. The Morgan fingerprint density at radius 2 is 1.96 bits per heavy atom. The Hall–Kier alpha value is -3.22. The van der Waals surface area contributed by atoms with Crippen molar-refractivity contribution in [3.8, 4) is 0 Å². The average molecular weight is 321 g/mol. The number of nitrogens with one attached hydrogen (secondary N) is 1. The normalized spacial score (nSPS) is 11.2. The summed E-state index contributed by atoms with van der Waals surface area (Å²) in [5.74, 6) is 0.525. The van der Waals surface area contributed by atoms with Crippen LogP contribution >= 0.6 is 0 Å². The summed E-state index contributed by atoms with van der Waals surface area (Å²) in [6.07, 6.45) is 0. The highest BCUT2D eigenvalue weighted by molar-refractivity contribution is 5.93. The zero-order valence-corrected chi connectivity index (χ0v) is 13.3. The van der Waals surface area contributed by atoms with Gasteiger partial charge in [0, 0.05) is 7.05 Å². The number of aromatic amines is 1. The van der Waals surface area contributed by atoms with Gasteiger partial charge in [0.15, 0.2) is 0 Å². The van der Waals surface area contributed by atoms with E-state index in [2.05, 4.69) is 20.4 Å². The number of benzene rings is 2. The predicted octanol–water partition coefficient (Wildman–Crippen LogP) is 2.51. The van der Waals surface area contributed by atoms with Gasteiger partial charge in [0.1, 0.15) is 23.5 Å². The smallest absolute Gasteiger partial charge is 0.338 e. The van der Waals surface area contributed by atoms with Crippen LogP contribution in [-0.4, -0.2) is 30.9 Å². The molecule has 1 N–H and O–H groups in total. The largest absolute Gasteiger partial charge is 0.457 e. The molecule has 2 aromatic heterocycles. The lowest BCUT2D eigenvalue weighted by Crippen LogP contribution is -2.05. The first-order valence-electron chi connectivity index (χ1n) is 7.51. The van der Waals surface area contributed by atoms with E-state index in [0.717, 1.165) is 33.5 Å². The molecule has 0 atom stereocenters. The van der Waals surface area contributed by atoms with Crippen LogP contribution in [0.15, 0.2) is 36.4 Å². The monoisotopic (exact) mass is 321 g/mol. The van der Waals surface area contributed by atoms with Gasteiger partial charge < -0.3 is 9.30 Å². The maximum Gasteiger partial charge on any atom is 0.338 e. The van der Waals surface area contributed by atoms with E-state index >= 15 is 0 Å². The minimum atomic E-state index is -0.375. The molecule has 0 aliphatic rings. The SMILES string of the molecule is Cc1nc2cc(C(=O)OCc3ccc4n[nH]nc4c3)ccc2n1C. The number of aromatic nitrogens is 5. The van der Waals surface area contributed by atoms with Gasteiger partial charge in [0.2, 0.25) is 0 Å². The van der Waals surface area contributed by atoms with E-state index in [1.54, 1.807) is 12.1 Å². The molecule has 0 radical (unpaired) electrons. The summed E-state index contributed by atoms with van der Waals surface area (Å²) in [5.41, 5.74) is 4.65. The van der Waals surface area contributed by atoms with Crippen LogP contribution in [0.4, 0.5) is 0 Å². The van der Waals surface area contributed by atoms with Gasteiger partial charge in [-0.25, -0.2) is 9.78 Å². The van der Waals surface area contributed by atoms with Crippen LogP contribution in [-0.2, 0) is 18.4 Å². The first-order valence-corrected chi connectivity index (χ1v) is 7.51. The number of H-pyrrole nitrogens is 1. The Bertz CT molecular complexity index is 1060. The number of hydrogen-bond acceptors (Lipinski definition) is 5. The number of aryl methyl sites for hydroxylation is 2. The fraction of sp³-hybridized carbons (Fsp3) is 0.176. The average Bonchev–Trinajstić information content (AvgIpc) is 3.16. The lowest BCUT2D eigenvalue weighted by atomic mass is 10.2. The number of carbonyl (C=O) groups is 1. The molecule has 2 aromatic carbocycles. The van der Waals surface area contributed by atoms with Crippen molar-refractivity contribution in [2.24, 2.45) is 7.05 Å². The third-order valence-electron chi connectivity index (χ3n) is 4.09. The summed E-state index contributed by atoms with van der Waals surface area (Å²) in [7, 11) is 1.95.